The minimum absolute atomic E-state index is 0.0106. The molecule has 0 aliphatic carbocycles. The number of rotatable bonds is 3. The van der Waals surface area contributed by atoms with E-state index in [4.69, 9.17) is 23.1 Å². The lowest BCUT2D eigenvalue weighted by molar-refractivity contribution is 0.636. The molecule has 62 valence electrons. The van der Waals surface area contributed by atoms with Crippen molar-refractivity contribution in [3.05, 3.63) is 35.3 Å². The third kappa shape index (κ3) is 2.74. The van der Waals surface area contributed by atoms with E-state index >= 15 is 0 Å². The molecule has 0 aromatic heterocycles. The lowest BCUT2D eigenvalue weighted by atomic mass is 10.2. The smallest absolute Gasteiger partial charge is 0.151 e. The van der Waals surface area contributed by atoms with E-state index < -0.39 is 5.83 Å². The molecule has 0 aliphatic heterocycles. The number of hydrogen-bond acceptors (Lipinski definition) is 2. The molecule has 0 saturated carbocycles. The number of nitrogens with two attached hydrogens (primary N) is 2. The first-order chi connectivity index (χ1) is 5.00. The Morgan fingerprint density at radius 1 is 1.45 bits per heavy atom. The van der Waals surface area contributed by atoms with Crippen LogP contribution in [0.3, 0.4) is 0 Å². The van der Waals surface area contributed by atoms with Gasteiger partial charge in [0.2, 0.25) is 0 Å². The highest BCUT2D eigenvalue weighted by Gasteiger charge is 2.06. The van der Waals surface area contributed by atoms with Gasteiger partial charge in [0.1, 0.15) is 0 Å². The molecular weight excluding hydrogens is 167 g/mol. The molecule has 0 heterocycles. The van der Waals surface area contributed by atoms with Crippen LogP contribution in [0.1, 0.15) is 0 Å². The fourth-order valence-electron chi connectivity index (χ4n) is 0.399. The van der Waals surface area contributed by atoms with Crippen molar-refractivity contribution in [1.29, 1.82) is 0 Å². The zero-order chi connectivity index (χ0) is 9.02. The van der Waals surface area contributed by atoms with Gasteiger partial charge < -0.3 is 11.5 Å². The Hall–Kier alpha value is -0.800. The zero-order valence-corrected chi connectivity index (χ0v) is 6.79. The molecule has 0 saturated heterocycles. The first-order valence-electron chi connectivity index (χ1n) is 2.89. The molecule has 0 atom stereocenters. The van der Waals surface area contributed by atoms with Gasteiger partial charge in [0.25, 0.3) is 0 Å². The van der Waals surface area contributed by atoms with Gasteiger partial charge in [-0.15, -0.1) is 0 Å². The second-order valence-corrected chi connectivity index (χ2v) is 2.40. The minimum Gasteiger partial charge on any atom is -0.395 e. The van der Waals surface area contributed by atoms with Crippen molar-refractivity contribution in [3.63, 3.8) is 0 Å². The van der Waals surface area contributed by atoms with E-state index in [0.717, 1.165) is 0 Å². The summed E-state index contributed by atoms with van der Waals surface area (Å²) in [6, 6.07) is 0. The van der Waals surface area contributed by atoms with E-state index in [1.165, 1.54) is 0 Å². The van der Waals surface area contributed by atoms with E-state index in [0.29, 0.717) is 0 Å². The summed E-state index contributed by atoms with van der Waals surface area (Å²) in [6.45, 7) is 6.60. The van der Waals surface area contributed by atoms with Crippen LogP contribution in [0.15, 0.2) is 35.3 Å². The minimum atomic E-state index is -0.688. The monoisotopic (exact) mass is 176 g/mol. The standard InChI is InChI=1S/C7H10ClFN2/c1-4(3-10)6(9)7(11)5(2)8/h1-3,10-11H2/b7-6-. The van der Waals surface area contributed by atoms with Crippen molar-refractivity contribution in [3.8, 4) is 0 Å². The van der Waals surface area contributed by atoms with Gasteiger partial charge in [0.05, 0.1) is 10.7 Å². The Kier molecular flexibility index (Phi) is 3.85. The fourth-order valence-corrected chi connectivity index (χ4v) is 0.482. The van der Waals surface area contributed by atoms with Crippen LogP contribution in [-0.4, -0.2) is 6.54 Å². The van der Waals surface area contributed by atoms with Crippen molar-refractivity contribution in [2.24, 2.45) is 11.5 Å². The molecule has 2 nitrogen and oxygen atoms in total. The number of allylic oxidation sites excluding steroid dienone is 1. The normalized spacial score (nSPS) is 12.3. The first kappa shape index (κ1) is 10.2. The van der Waals surface area contributed by atoms with Crippen LogP contribution >= 0.6 is 11.6 Å². The summed E-state index contributed by atoms with van der Waals surface area (Å²) in [6.07, 6.45) is 0. The SMILES string of the molecule is C=C(Cl)/C(N)=C(/F)C(=C)CN. The molecule has 0 bridgehead atoms. The molecule has 0 unspecified atom stereocenters. The maximum Gasteiger partial charge on any atom is 0.151 e. The summed E-state index contributed by atoms with van der Waals surface area (Å²) < 4.78 is 12.9. The van der Waals surface area contributed by atoms with Crippen molar-refractivity contribution in [1.82, 2.24) is 0 Å². The van der Waals surface area contributed by atoms with Gasteiger partial charge in [-0.25, -0.2) is 4.39 Å². The Bertz CT molecular complexity index is 220. The van der Waals surface area contributed by atoms with Gasteiger partial charge in [-0.05, 0) is 5.57 Å². The lowest BCUT2D eigenvalue weighted by Gasteiger charge is -2.02. The van der Waals surface area contributed by atoms with E-state index in [-0.39, 0.29) is 22.8 Å². The van der Waals surface area contributed by atoms with Gasteiger partial charge in [0, 0.05) is 6.54 Å². The largest absolute Gasteiger partial charge is 0.395 e. The van der Waals surface area contributed by atoms with Crippen molar-refractivity contribution >= 4 is 11.6 Å². The summed E-state index contributed by atoms with van der Waals surface area (Å²) in [5.74, 6) is -0.688. The molecule has 0 fully saturated rings. The molecule has 0 aromatic carbocycles. The molecule has 4 N–H and O–H groups in total. The fraction of sp³-hybridized carbons (Fsp3) is 0.143. The summed E-state index contributed by atoms with van der Waals surface area (Å²) >= 11 is 5.32. The predicted molar refractivity (Wildman–Crippen MR) is 45.5 cm³/mol. The maximum atomic E-state index is 12.9. The van der Waals surface area contributed by atoms with E-state index in [1.807, 2.05) is 0 Å². The average Bonchev–Trinajstić information content (AvgIpc) is 2.00. The van der Waals surface area contributed by atoms with E-state index in [9.17, 15) is 4.39 Å². The van der Waals surface area contributed by atoms with Crippen LogP contribution in [0.25, 0.3) is 0 Å². The van der Waals surface area contributed by atoms with Crippen LogP contribution in [0.4, 0.5) is 4.39 Å². The molecule has 0 amide bonds. The molecule has 0 spiro atoms. The Morgan fingerprint density at radius 2 is 1.91 bits per heavy atom. The van der Waals surface area contributed by atoms with Gasteiger partial charge in [0.15, 0.2) is 5.83 Å². The highest BCUT2D eigenvalue weighted by atomic mass is 35.5. The second-order valence-electron chi connectivity index (χ2n) is 1.94. The Balaban J connectivity index is 4.66. The quantitative estimate of drug-likeness (QED) is 0.639. The number of halogens is 2. The van der Waals surface area contributed by atoms with E-state index in [2.05, 4.69) is 13.2 Å². The third-order valence-corrected chi connectivity index (χ3v) is 1.29. The van der Waals surface area contributed by atoms with Gasteiger partial charge in [-0.3, -0.25) is 0 Å². The predicted octanol–water partition coefficient (Wildman–Crippen LogP) is 1.39. The van der Waals surface area contributed by atoms with Gasteiger partial charge in [-0.1, -0.05) is 24.8 Å². The molecule has 11 heavy (non-hydrogen) atoms. The molecule has 4 heteroatoms. The first-order valence-corrected chi connectivity index (χ1v) is 3.26. The number of hydrogen-bond donors (Lipinski definition) is 2. The lowest BCUT2D eigenvalue weighted by Crippen LogP contribution is -2.07. The van der Waals surface area contributed by atoms with Gasteiger partial charge in [-0.2, -0.15) is 0 Å². The van der Waals surface area contributed by atoms with Crippen LogP contribution in [0.2, 0.25) is 0 Å². The summed E-state index contributed by atoms with van der Waals surface area (Å²) in [5, 5.41) is -0.0444. The molecule has 0 aliphatic rings. The van der Waals surface area contributed by atoms with Gasteiger partial charge >= 0.3 is 0 Å². The van der Waals surface area contributed by atoms with Crippen molar-refractivity contribution < 1.29 is 4.39 Å². The van der Waals surface area contributed by atoms with Crippen molar-refractivity contribution in [2.75, 3.05) is 6.54 Å². The molecule has 0 radical (unpaired) electrons. The van der Waals surface area contributed by atoms with Crippen LogP contribution < -0.4 is 11.5 Å². The second kappa shape index (κ2) is 4.16. The van der Waals surface area contributed by atoms with Crippen molar-refractivity contribution in [2.45, 2.75) is 0 Å². The summed E-state index contributed by atoms with van der Waals surface area (Å²) in [4.78, 5) is 0. The molecule has 0 aromatic rings. The average molecular weight is 177 g/mol. The highest BCUT2D eigenvalue weighted by molar-refractivity contribution is 6.31. The Labute approximate surface area is 70.0 Å². The van der Waals surface area contributed by atoms with Crippen LogP contribution in [-0.2, 0) is 0 Å². The molecular formula is C7H10ClFN2. The topological polar surface area (TPSA) is 52.0 Å². The van der Waals surface area contributed by atoms with E-state index in [1.54, 1.807) is 0 Å². The molecule has 0 rings (SSSR count). The third-order valence-electron chi connectivity index (χ3n) is 1.09. The maximum absolute atomic E-state index is 12.9. The van der Waals surface area contributed by atoms with Crippen LogP contribution in [0.5, 0.6) is 0 Å². The Morgan fingerprint density at radius 3 is 2.18 bits per heavy atom. The summed E-state index contributed by atoms with van der Waals surface area (Å²) in [5.41, 5.74) is 10.2. The summed E-state index contributed by atoms with van der Waals surface area (Å²) in [7, 11) is 0. The highest BCUT2D eigenvalue weighted by Crippen LogP contribution is 2.17. The zero-order valence-electron chi connectivity index (χ0n) is 6.03. The van der Waals surface area contributed by atoms with Crippen LogP contribution in [0, 0.1) is 0 Å².